The van der Waals surface area contributed by atoms with Gasteiger partial charge in [0.05, 0.1) is 33.2 Å². The Morgan fingerprint density at radius 2 is 0.527 bits per heavy atom. The average Bonchev–Trinajstić information content (AvgIpc) is 1.58. The molecule has 0 atom stereocenters. The molecule has 0 fully saturated rings. The molecule has 0 N–H and O–H groups in total. The fraction of sp³-hybridized carbons (Fsp3) is 0.0408. The lowest BCUT2D eigenvalue weighted by Crippen LogP contribution is -2.10. The summed E-state index contributed by atoms with van der Waals surface area (Å²) in [5.41, 5.74) is 21.1. The zero-order valence-corrected chi connectivity index (χ0v) is 60.2. The zero-order valence-electron chi connectivity index (χ0n) is 60.2. The summed E-state index contributed by atoms with van der Waals surface area (Å²) >= 11 is 0. The summed E-state index contributed by atoms with van der Waals surface area (Å²) in [6.45, 7) is 6.66. The molecule has 21 rings (SSSR count). The predicted molar refractivity (Wildman–Crippen MR) is 446 cm³/mol. The molecule has 0 aliphatic carbocycles. The maximum Gasteiger partial charge on any atom is 0.167 e. The number of para-hydroxylation sites is 4. The molecule has 12 nitrogen and oxygen atoms in total. The molecule has 12 heteroatoms. The van der Waals surface area contributed by atoms with Crippen LogP contribution in [0.15, 0.2) is 355 Å². The van der Waals surface area contributed by atoms with Crippen LogP contribution in [0, 0.1) is 0 Å². The van der Waals surface area contributed by atoms with Gasteiger partial charge in [0.2, 0.25) is 0 Å². The third-order valence-corrected chi connectivity index (χ3v) is 20.8. The first-order valence-corrected chi connectivity index (χ1v) is 36.9. The number of nitrogens with zero attached hydrogens (tertiary/aromatic N) is 10. The van der Waals surface area contributed by atoms with Crippen molar-refractivity contribution in [3.05, 3.63) is 352 Å². The standard InChI is InChI=1S/C50H31N5O.C48H35N5O/c1-3-12-32(13-4-1)33-21-23-35(24-22-33)48-52-47(34-14-5-2-6-15-34)53-49(54-48)40-18-11-29-51-50(40)55-43-19-9-7-16-38(43)41-30-36(25-27-44(41)55)37-26-28-46-42(31-37)39-17-8-10-20-45(39)56-46;1-48(2,3)34-23-19-31(20-24-34)45-50-44(30-12-5-4-6-13-30)51-46(52-45)37-16-11-27-49-47(37)53-40-17-9-7-14-35(40)38-28-32(21-25-41(38)53)33-22-26-43-39(29-33)36-15-8-10-18-42(36)54-43/h1-31H;4-29H,1-3H3. The van der Waals surface area contributed by atoms with Gasteiger partial charge in [-0.05, 0) is 141 Å². The molecule has 0 saturated carbocycles. The summed E-state index contributed by atoms with van der Waals surface area (Å²) < 4.78 is 16.7. The molecule has 0 unspecified atom stereocenters. The Kier molecular flexibility index (Phi) is 15.8. The quantitative estimate of drug-likeness (QED) is 0.123. The molecule has 110 heavy (non-hydrogen) atoms. The van der Waals surface area contributed by atoms with E-state index >= 15 is 0 Å². The highest BCUT2D eigenvalue weighted by molar-refractivity contribution is 6.14. The maximum absolute atomic E-state index is 6.13. The Bertz CT molecular complexity index is 7120. The average molecular weight is 1420 g/mol. The molecule has 21 aromatic rings. The van der Waals surface area contributed by atoms with Gasteiger partial charge in [0.15, 0.2) is 34.9 Å². The third-order valence-electron chi connectivity index (χ3n) is 20.8. The first-order chi connectivity index (χ1) is 54.1. The van der Waals surface area contributed by atoms with Gasteiger partial charge in [-0.1, -0.05) is 257 Å². The summed E-state index contributed by atoms with van der Waals surface area (Å²) in [5, 5.41) is 9.00. The van der Waals surface area contributed by atoms with Gasteiger partial charge >= 0.3 is 0 Å². The zero-order chi connectivity index (χ0) is 73.4. The Labute approximate surface area is 632 Å². The van der Waals surface area contributed by atoms with Crippen molar-refractivity contribution in [3.63, 3.8) is 0 Å². The molecular formula is C98H66N10O2. The molecule has 520 valence electrons. The highest BCUT2D eigenvalue weighted by Crippen LogP contribution is 2.43. The molecule has 0 bridgehead atoms. The van der Waals surface area contributed by atoms with Crippen molar-refractivity contribution in [3.8, 4) is 113 Å². The molecule has 0 spiro atoms. The normalized spacial score (nSPS) is 11.8. The topological polar surface area (TPSA) is 139 Å². The van der Waals surface area contributed by atoms with Crippen LogP contribution in [0.4, 0.5) is 0 Å². The predicted octanol–water partition coefficient (Wildman–Crippen LogP) is 24.8. The van der Waals surface area contributed by atoms with Crippen LogP contribution < -0.4 is 0 Å². The van der Waals surface area contributed by atoms with Crippen LogP contribution in [0.3, 0.4) is 0 Å². The van der Waals surface area contributed by atoms with Crippen LogP contribution in [0.2, 0.25) is 0 Å². The fourth-order valence-electron chi connectivity index (χ4n) is 15.3. The minimum Gasteiger partial charge on any atom is -0.456 e. The molecular weight excluding hydrogens is 1350 g/mol. The number of hydrogen-bond acceptors (Lipinski definition) is 10. The molecule has 0 radical (unpaired) electrons. The van der Waals surface area contributed by atoms with Crippen LogP contribution in [0.25, 0.3) is 201 Å². The molecule has 13 aromatic carbocycles. The Balaban J connectivity index is 0.000000144. The van der Waals surface area contributed by atoms with Crippen LogP contribution in [0.5, 0.6) is 0 Å². The monoisotopic (exact) mass is 1410 g/mol. The van der Waals surface area contributed by atoms with Gasteiger partial charge in [-0.25, -0.2) is 39.9 Å². The van der Waals surface area contributed by atoms with Gasteiger partial charge in [0.1, 0.15) is 34.0 Å². The summed E-state index contributed by atoms with van der Waals surface area (Å²) in [6.07, 6.45) is 3.67. The van der Waals surface area contributed by atoms with Gasteiger partial charge in [0, 0.05) is 77.7 Å². The number of fused-ring (bicyclic) bond motifs is 12. The van der Waals surface area contributed by atoms with Crippen molar-refractivity contribution in [1.82, 2.24) is 49.0 Å². The molecule has 0 amide bonds. The van der Waals surface area contributed by atoms with E-state index in [9.17, 15) is 0 Å². The lowest BCUT2D eigenvalue weighted by atomic mass is 9.87. The highest BCUT2D eigenvalue weighted by Gasteiger charge is 2.25. The number of hydrogen-bond donors (Lipinski definition) is 0. The van der Waals surface area contributed by atoms with Crippen molar-refractivity contribution < 1.29 is 8.83 Å². The second kappa shape index (κ2) is 26.8. The van der Waals surface area contributed by atoms with E-state index in [-0.39, 0.29) is 5.41 Å². The lowest BCUT2D eigenvalue weighted by molar-refractivity contribution is 0.590. The minimum absolute atomic E-state index is 0.0357. The van der Waals surface area contributed by atoms with Gasteiger partial charge in [-0.15, -0.1) is 0 Å². The van der Waals surface area contributed by atoms with E-state index in [1.807, 2.05) is 122 Å². The number of pyridine rings is 2. The van der Waals surface area contributed by atoms with Crippen molar-refractivity contribution in [2.75, 3.05) is 0 Å². The van der Waals surface area contributed by atoms with Crippen molar-refractivity contribution in [2.24, 2.45) is 0 Å². The molecule has 8 heterocycles. The maximum atomic E-state index is 6.13. The smallest absolute Gasteiger partial charge is 0.167 e. The van der Waals surface area contributed by atoms with Crippen LogP contribution in [-0.4, -0.2) is 49.0 Å². The molecule has 0 saturated heterocycles. The van der Waals surface area contributed by atoms with E-state index < -0.39 is 0 Å². The van der Waals surface area contributed by atoms with E-state index in [1.54, 1.807) is 0 Å². The summed E-state index contributed by atoms with van der Waals surface area (Å²) in [4.78, 5) is 40.6. The SMILES string of the molecule is CC(C)(C)c1ccc(-c2nc(-c3ccccc3)nc(-c3cccnc3-n3c4ccccc4c4cc(-c5ccc6oc7ccccc7c6c5)ccc43)n2)cc1.c1ccc(-c2ccc(-c3nc(-c4ccccc4)nc(-c4cccnc4-n4c5ccccc5c5cc(-c6ccc7oc8ccccc8c7c6)ccc54)n3)cc2)cc1. The minimum atomic E-state index is 0.0357. The number of rotatable bonds is 11. The second-order valence-corrected chi connectivity index (χ2v) is 28.7. The second-order valence-electron chi connectivity index (χ2n) is 28.7. The summed E-state index contributed by atoms with van der Waals surface area (Å²) in [5.74, 6) is 5.02. The Morgan fingerprint density at radius 3 is 0.955 bits per heavy atom. The van der Waals surface area contributed by atoms with E-state index in [0.29, 0.717) is 34.9 Å². The van der Waals surface area contributed by atoms with Crippen LogP contribution in [0.1, 0.15) is 26.3 Å². The van der Waals surface area contributed by atoms with E-state index in [4.69, 9.17) is 48.7 Å². The summed E-state index contributed by atoms with van der Waals surface area (Å²) in [7, 11) is 0. The summed E-state index contributed by atoms with van der Waals surface area (Å²) in [6, 6.07) is 115. The van der Waals surface area contributed by atoms with Crippen LogP contribution in [-0.2, 0) is 5.41 Å². The number of benzene rings is 13. The molecule has 8 aromatic heterocycles. The van der Waals surface area contributed by atoms with Crippen LogP contribution >= 0.6 is 0 Å². The van der Waals surface area contributed by atoms with Crippen molar-refractivity contribution in [2.45, 2.75) is 26.2 Å². The molecule has 0 aliphatic heterocycles. The molecule has 0 aliphatic rings. The number of furan rings is 2. The van der Waals surface area contributed by atoms with Gasteiger partial charge in [-0.3, -0.25) is 9.13 Å². The van der Waals surface area contributed by atoms with Gasteiger partial charge < -0.3 is 8.83 Å². The third kappa shape index (κ3) is 11.7. The van der Waals surface area contributed by atoms with E-state index in [2.05, 4.69) is 254 Å². The first kappa shape index (κ1) is 64.9. The lowest BCUT2D eigenvalue weighted by Gasteiger charge is -2.19. The fourth-order valence-corrected chi connectivity index (χ4v) is 15.3. The first-order valence-electron chi connectivity index (χ1n) is 36.9. The van der Waals surface area contributed by atoms with Gasteiger partial charge in [0.25, 0.3) is 0 Å². The number of aromatic nitrogens is 10. The van der Waals surface area contributed by atoms with Crippen molar-refractivity contribution >= 4 is 87.5 Å². The Hall–Kier alpha value is -14.6. The van der Waals surface area contributed by atoms with E-state index in [0.717, 1.165) is 166 Å². The largest absolute Gasteiger partial charge is 0.456 e. The highest BCUT2D eigenvalue weighted by atomic mass is 16.3. The Morgan fingerprint density at radius 1 is 0.227 bits per heavy atom. The van der Waals surface area contributed by atoms with Crippen molar-refractivity contribution in [1.29, 1.82) is 0 Å². The van der Waals surface area contributed by atoms with Gasteiger partial charge in [-0.2, -0.15) is 0 Å². The van der Waals surface area contributed by atoms with E-state index in [1.165, 1.54) is 5.56 Å².